The molecule has 1 atom stereocenters. The molecule has 4 rings (SSSR count). The lowest BCUT2D eigenvalue weighted by Crippen LogP contribution is -2.50. The van der Waals surface area contributed by atoms with E-state index in [0.29, 0.717) is 35.7 Å². The van der Waals surface area contributed by atoms with Crippen molar-refractivity contribution in [2.24, 2.45) is 0 Å². The summed E-state index contributed by atoms with van der Waals surface area (Å²) in [6.45, 7) is 4.38. The Morgan fingerprint density at radius 3 is 2.69 bits per heavy atom. The Labute approximate surface area is 186 Å². The molecule has 2 aromatic rings. The first kappa shape index (κ1) is 21.4. The van der Waals surface area contributed by atoms with Crippen LogP contribution in [0.25, 0.3) is 0 Å². The van der Waals surface area contributed by atoms with Gasteiger partial charge in [-0.2, -0.15) is 0 Å². The molecule has 0 radical (unpaired) electrons. The van der Waals surface area contributed by atoms with Crippen molar-refractivity contribution in [3.63, 3.8) is 0 Å². The highest BCUT2D eigenvalue weighted by atomic mass is 16.5. The first-order chi connectivity index (χ1) is 15.5. The number of nitrogens with one attached hydrogen (secondary N) is 2. The maximum Gasteiger partial charge on any atom is 0.338 e. The van der Waals surface area contributed by atoms with E-state index in [2.05, 4.69) is 10.6 Å². The third kappa shape index (κ3) is 4.30. The number of rotatable bonds is 7. The zero-order valence-corrected chi connectivity index (χ0v) is 18.0. The zero-order chi connectivity index (χ0) is 22.7. The lowest BCUT2D eigenvalue weighted by atomic mass is 9.95. The number of ether oxygens (including phenoxy) is 2. The number of cyclic esters (lactones) is 1. The predicted octanol–water partition coefficient (Wildman–Crippen LogP) is 2.59. The number of carbonyl (C=O) groups is 3. The third-order valence-corrected chi connectivity index (χ3v) is 5.44. The molecule has 166 valence electrons. The van der Waals surface area contributed by atoms with Gasteiger partial charge in [-0.05, 0) is 25.5 Å². The van der Waals surface area contributed by atoms with E-state index in [9.17, 15) is 14.4 Å². The molecule has 8 heteroatoms. The Kier molecular flexibility index (Phi) is 6.11. The van der Waals surface area contributed by atoms with Gasteiger partial charge in [0.1, 0.15) is 18.9 Å². The van der Waals surface area contributed by atoms with E-state index in [1.54, 1.807) is 12.1 Å². The fourth-order valence-corrected chi connectivity index (χ4v) is 3.82. The molecular formula is C24H25N3O5. The van der Waals surface area contributed by atoms with E-state index in [1.165, 1.54) is 4.90 Å². The Hall–Kier alpha value is -3.81. The number of esters is 1. The highest BCUT2D eigenvalue weighted by Crippen LogP contribution is 2.38. The predicted molar refractivity (Wildman–Crippen MR) is 117 cm³/mol. The number of aryl methyl sites for hydroxylation is 1. The second kappa shape index (κ2) is 9.13. The number of hydrogen-bond acceptors (Lipinski definition) is 5. The number of nitrogens with zero attached hydrogens (tertiary/aromatic N) is 1. The monoisotopic (exact) mass is 435 g/mol. The average molecular weight is 435 g/mol. The quantitative estimate of drug-likeness (QED) is 0.652. The molecule has 0 spiro atoms. The Bertz CT molecular complexity index is 1080. The smallest absolute Gasteiger partial charge is 0.338 e. The number of para-hydroxylation sites is 1. The van der Waals surface area contributed by atoms with Crippen LogP contribution in [-0.2, 0) is 20.9 Å². The summed E-state index contributed by atoms with van der Waals surface area (Å²) in [5.74, 6) is -0.266. The number of hydrogen-bond donors (Lipinski definition) is 2. The molecule has 0 fully saturated rings. The van der Waals surface area contributed by atoms with Crippen LogP contribution >= 0.6 is 0 Å². The highest BCUT2D eigenvalue weighted by Gasteiger charge is 2.43. The summed E-state index contributed by atoms with van der Waals surface area (Å²) in [5.41, 5.74) is 3.48. The van der Waals surface area contributed by atoms with Gasteiger partial charge in [-0.1, -0.05) is 48.0 Å². The number of benzene rings is 2. The second-order valence-corrected chi connectivity index (χ2v) is 7.64. The first-order valence-corrected chi connectivity index (χ1v) is 10.5. The molecule has 2 aliphatic heterocycles. The van der Waals surface area contributed by atoms with Crippen LogP contribution in [0.3, 0.4) is 0 Å². The Morgan fingerprint density at radius 2 is 1.94 bits per heavy atom. The summed E-state index contributed by atoms with van der Waals surface area (Å²) in [5, 5.41) is 5.65. The van der Waals surface area contributed by atoms with Crippen LogP contribution < -0.4 is 15.4 Å². The van der Waals surface area contributed by atoms with Crippen molar-refractivity contribution in [3.05, 3.63) is 76.5 Å². The van der Waals surface area contributed by atoms with Crippen LogP contribution in [0.2, 0.25) is 0 Å². The minimum Gasteiger partial charge on any atom is -0.494 e. The van der Waals surface area contributed by atoms with Crippen molar-refractivity contribution < 1.29 is 23.9 Å². The van der Waals surface area contributed by atoms with Crippen LogP contribution in [0, 0.1) is 6.92 Å². The van der Waals surface area contributed by atoms with E-state index >= 15 is 0 Å². The highest BCUT2D eigenvalue weighted by molar-refractivity contribution is 5.98. The van der Waals surface area contributed by atoms with Crippen molar-refractivity contribution in [3.8, 4) is 5.75 Å². The largest absolute Gasteiger partial charge is 0.494 e. The molecule has 0 aliphatic carbocycles. The summed E-state index contributed by atoms with van der Waals surface area (Å²) in [7, 11) is 0. The molecule has 0 bridgehead atoms. The van der Waals surface area contributed by atoms with Gasteiger partial charge in [0.25, 0.3) is 0 Å². The Balaban J connectivity index is 1.54. The molecule has 2 aromatic carbocycles. The van der Waals surface area contributed by atoms with Crippen molar-refractivity contribution in [1.82, 2.24) is 15.5 Å². The van der Waals surface area contributed by atoms with Crippen molar-refractivity contribution in [2.45, 2.75) is 26.4 Å². The number of urea groups is 1. The molecule has 32 heavy (non-hydrogen) atoms. The van der Waals surface area contributed by atoms with Gasteiger partial charge < -0.3 is 20.1 Å². The van der Waals surface area contributed by atoms with Crippen LogP contribution in [0.1, 0.15) is 29.7 Å². The van der Waals surface area contributed by atoms with Gasteiger partial charge in [0, 0.05) is 12.1 Å². The molecule has 0 unspecified atom stereocenters. The van der Waals surface area contributed by atoms with E-state index in [0.717, 1.165) is 11.1 Å². The maximum absolute atomic E-state index is 12.9. The SMILES string of the molecule is CCOc1ccccc1[C@@H]1NC(=O)N(CC(=O)NCc2ccc(C)cc2)C2=C1C(=O)OC2. The van der Waals surface area contributed by atoms with Gasteiger partial charge in [-0.3, -0.25) is 9.69 Å². The number of amides is 3. The third-order valence-electron chi connectivity index (χ3n) is 5.44. The normalized spacial score (nSPS) is 17.6. The Morgan fingerprint density at radius 1 is 1.19 bits per heavy atom. The van der Waals surface area contributed by atoms with Crippen molar-refractivity contribution in [1.29, 1.82) is 0 Å². The van der Waals surface area contributed by atoms with E-state index in [1.807, 2.05) is 50.2 Å². The molecular weight excluding hydrogens is 410 g/mol. The van der Waals surface area contributed by atoms with Gasteiger partial charge in [0.05, 0.1) is 23.9 Å². The molecule has 8 nitrogen and oxygen atoms in total. The lowest BCUT2D eigenvalue weighted by molar-refractivity contribution is -0.136. The lowest BCUT2D eigenvalue weighted by Gasteiger charge is -2.33. The summed E-state index contributed by atoms with van der Waals surface area (Å²) in [4.78, 5) is 39.3. The minimum absolute atomic E-state index is 0.0554. The zero-order valence-electron chi connectivity index (χ0n) is 18.0. The summed E-state index contributed by atoms with van der Waals surface area (Å²) in [6, 6.07) is 13.9. The van der Waals surface area contributed by atoms with Gasteiger partial charge in [-0.25, -0.2) is 9.59 Å². The van der Waals surface area contributed by atoms with Crippen LogP contribution in [0.15, 0.2) is 59.8 Å². The summed E-state index contributed by atoms with van der Waals surface area (Å²) < 4.78 is 10.9. The molecule has 2 heterocycles. The maximum atomic E-state index is 12.9. The molecule has 0 saturated heterocycles. The van der Waals surface area contributed by atoms with Gasteiger partial charge in [0.15, 0.2) is 0 Å². The van der Waals surface area contributed by atoms with Crippen LogP contribution in [-0.4, -0.2) is 42.6 Å². The molecule has 2 N–H and O–H groups in total. The minimum atomic E-state index is -0.706. The molecule has 0 aromatic heterocycles. The van der Waals surface area contributed by atoms with E-state index in [-0.39, 0.29) is 19.1 Å². The average Bonchev–Trinajstić information content (AvgIpc) is 3.17. The van der Waals surface area contributed by atoms with E-state index in [4.69, 9.17) is 9.47 Å². The second-order valence-electron chi connectivity index (χ2n) is 7.64. The van der Waals surface area contributed by atoms with Gasteiger partial charge >= 0.3 is 12.0 Å². The summed E-state index contributed by atoms with van der Waals surface area (Å²) in [6.07, 6.45) is 0. The van der Waals surface area contributed by atoms with Crippen molar-refractivity contribution >= 4 is 17.9 Å². The standard InChI is InChI=1S/C24H25N3O5/c1-3-31-19-7-5-4-6-17(19)22-21-18(14-32-23(21)29)27(24(30)26-22)13-20(28)25-12-16-10-8-15(2)9-11-16/h4-11,22H,3,12-14H2,1-2H3,(H,25,28)(H,26,30)/t22-/m0/s1. The summed E-state index contributed by atoms with van der Waals surface area (Å²) >= 11 is 0. The topological polar surface area (TPSA) is 97.0 Å². The molecule has 0 saturated carbocycles. The number of carbonyl (C=O) groups excluding carboxylic acids is 3. The van der Waals surface area contributed by atoms with Gasteiger partial charge in [0.2, 0.25) is 5.91 Å². The van der Waals surface area contributed by atoms with Crippen molar-refractivity contribution in [2.75, 3.05) is 19.8 Å². The van der Waals surface area contributed by atoms with E-state index < -0.39 is 18.0 Å². The van der Waals surface area contributed by atoms with Crippen LogP contribution in [0.4, 0.5) is 4.79 Å². The molecule has 3 amide bonds. The van der Waals surface area contributed by atoms with Crippen LogP contribution in [0.5, 0.6) is 5.75 Å². The fourth-order valence-electron chi connectivity index (χ4n) is 3.82. The van der Waals surface area contributed by atoms with Gasteiger partial charge in [-0.15, -0.1) is 0 Å². The molecule has 2 aliphatic rings. The fraction of sp³-hybridized carbons (Fsp3) is 0.292. The first-order valence-electron chi connectivity index (χ1n) is 10.5.